The van der Waals surface area contributed by atoms with E-state index in [1.807, 2.05) is 0 Å². The van der Waals surface area contributed by atoms with Gasteiger partial charge in [-0.1, -0.05) is 72.6 Å². The van der Waals surface area contributed by atoms with Crippen molar-refractivity contribution < 1.29 is 47.7 Å². The quantitative estimate of drug-likeness (QED) is 0.0581. The Morgan fingerprint density at radius 1 is 0.429 bits per heavy atom. The summed E-state index contributed by atoms with van der Waals surface area (Å²) in [5, 5.41) is 0. The van der Waals surface area contributed by atoms with Crippen LogP contribution >= 0.6 is 0 Å². The van der Waals surface area contributed by atoms with E-state index in [1.54, 1.807) is 27.7 Å². The van der Waals surface area contributed by atoms with Crippen molar-refractivity contribution in [1.82, 2.24) is 0 Å². The maximum Gasteiger partial charge on any atom is 0.305 e. The molecular formula is C32H56O10. The zero-order chi connectivity index (χ0) is 31.4. The Morgan fingerprint density at radius 2 is 0.810 bits per heavy atom. The van der Waals surface area contributed by atoms with Crippen molar-refractivity contribution in [3.05, 3.63) is 0 Å². The Balaban J connectivity index is 3.80. The third-order valence-corrected chi connectivity index (χ3v) is 6.70. The van der Waals surface area contributed by atoms with Crippen molar-refractivity contribution in [2.45, 2.75) is 155 Å². The lowest BCUT2D eigenvalue weighted by Crippen LogP contribution is -2.25. The minimum atomic E-state index is -0.407. The summed E-state index contributed by atoms with van der Waals surface area (Å²) in [6.07, 6.45) is 12.4. The molecule has 0 radical (unpaired) electrons. The van der Waals surface area contributed by atoms with Crippen LogP contribution in [0.25, 0.3) is 0 Å². The number of ether oxygens (including phenoxy) is 5. The van der Waals surface area contributed by atoms with E-state index in [2.05, 4.69) is 0 Å². The smallest absolute Gasteiger partial charge is 0.305 e. The highest BCUT2D eigenvalue weighted by Crippen LogP contribution is 2.14. The molecule has 244 valence electrons. The van der Waals surface area contributed by atoms with Gasteiger partial charge in [-0.15, -0.1) is 0 Å². The van der Waals surface area contributed by atoms with E-state index >= 15 is 0 Å². The number of hydrogen-bond donors (Lipinski definition) is 0. The first-order valence-electron chi connectivity index (χ1n) is 16.1. The lowest BCUT2D eigenvalue weighted by Gasteiger charge is -2.17. The third-order valence-electron chi connectivity index (χ3n) is 6.70. The van der Waals surface area contributed by atoms with Crippen LogP contribution in [0.4, 0.5) is 0 Å². The summed E-state index contributed by atoms with van der Waals surface area (Å²) in [6.45, 7) is 7.58. The molecule has 2 unspecified atom stereocenters. The maximum atomic E-state index is 12.0. The number of rotatable bonds is 27. The molecule has 0 aromatic heterocycles. The second kappa shape index (κ2) is 27.2. The molecule has 0 aliphatic heterocycles. The molecule has 2 atom stereocenters. The molecule has 0 aromatic rings. The molecule has 0 rings (SSSR count). The van der Waals surface area contributed by atoms with Crippen LogP contribution in [0.15, 0.2) is 0 Å². The van der Waals surface area contributed by atoms with Gasteiger partial charge in [0.05, 0.1) is 6.61 Å². The second-order valence-corrected chi connectivity index (χ2v) is 10.4. The first-order chi connectivity index (χ1) is 20.2. The fourth-order valence-electron chi connectivity index (χ4n) is 4.08. The van der Waals surface area contributed by atoms with E-state index in [1.165, 1.54) is 0 Å². The van der Waals surface area contributed by atoms with Crippen LogP contribution in [-0.4, -0.2) is 61.9 Å². The van der Waals surface area contributed by atoms with E-state index in [0.29, 0.717) is 45.1 Å². The van der Waals surface area contributed by atoms with Crippen LogP contribution in [0.1, 0.15) is 143 Å². The number of hydrogen-bond acceptors (Lipinski definition) is 10. The monoisotopic (exact) mass is 600 g/mol. The molecule has 42 heavy (non-hydrogen) atoms. The highest BCUT2D eigenvalue weighted by molar-refractivity contribution is 5.70. The molecule has 0 aliphatic rings. The predicted molar refractivity (Wildman–Crippen MR) is 158 cm³/mol. The SMILES string of the molecule is CCC(=O)OCC(CCCCCCCCOC(=O)CCCCCCCC(COC(=O)CC)OC(=O)CC)OC(=O)CC. The van der Waals surface area contributed by atoms with Crippen LogP contribution < -0.4 is 0 Å². The van der Waals surface area contributed by atoms with Crippen LogP contribution in [0.2, 0.25) is 0 Å². The molecule has 10 heteroatoms. The van der Waals surface area contributed by atoms with Gasteiger partial charge in [-0.3, -0.25) is 24.0 Å². The Kier molecular flexibility index (Phi) is 25.5. The van der Waals surface area contributed by atoms with Crippen molar-refractivity contribution in [2.24, 2.45) is 0 Å². The molecule has 0 saturated carbocycles. The standard InChI is InChI=1S/C32H56O10/c1-5-28(33)39-24-26(41-30(35)7-3)20-16-12-9-10-15-19-23-38-32(37)22-18-14-11-13-17-21-27(42-31(36)8-4)25-40-29(34)6-2/h26-27H,5-25H2,1-4H3. The van der Waals surface area contributed by atoms with Gasteiger partial charge in [0.1, 0.15) is 25.4 Å². The normalized spacial score (nSPS) is 12.2. The van der Waals surface area contributed by atoms with E-state index < -0.39 is 6.10 Å². The third kappa shape index (κ3) is 24.0. The Morgan fingerprint density at radius 3 is 1.24 bits per heavy atom. The van der Waals surface area contributed by atoms with Gasteiger partial charge in [0, 0.05) is 32.1 Å². The van der Waals surface area contributed by atoms with Crippen LogP contribution in [0.5, 0.6) is 0 Å². The van der Waals surface area contributed by atoms with E-state index in [-0.39, 0.29) is 55.6 Å². The minimum absolute atomic E-state index is 0.0987. The maximum absolute atomic E-state index is 12.0. The largest absolute Gasteiger partial charge is 0.466 e. The van der Waals surface area contributed by atoms with Gasteiger partial charge in [0.2, 0.25) is 0 Å². The average Bonchev–Trinajstić information content (AvgIpc) is 2.99. The molecule has 0 aliphatic carbocycles. The van der Waals surface area contributed by atoms with E-state index in [9.17, 15) is 24.0 Å². The van der Waals surface area contributed by atoms with Gasteiger partial charge in [-0.05, 0) is 38.5 Å². The summed E-state index contributed by atoms with van der Waals surface area (Å²) >= 11 is 0. The predicted octanol–water partition coefficient (Wildman–Crippen LogP) is 6.54. The van der Waals surface area contributed by atoms with Crippen LogP contribution in [0, 0.1) is 0 Å². The second-order valence-electron chi connectivity index (χ2n) is 10.4. The summed E-state index contributed by atoms with van der Waals surface area (Å²) in [7, 11) is 0. The Hall–Kier alpha value is -2.65. The Bertz CT molecular complexity index is 752. The van der Waals surface area contributed by atoms with Gasteiger partial charge in [-0.2, -0.15) is 0 Å². The molecule has 0 heterocycles. The molecule has 0 fully saturated rings. The van der Waals surface area contributed by atoms with E-state index in [0.717, 1.165) is 70.6 Å². The number of unbranched alkanes of at least 4 members (excludes halogenated alkanes) is 9. The summed E-state index contributed by atoms with van der Waals surface area (Å²) in [5.74, 6) is -1.33. The van der Waals surface area contributed by atoms with Crippen molar-refractivity contribution >= 4 is 29.8 Å². The molecule has 0 bridgehead atoms. The number of esters is 5. The van der Waals surface area contributed by atoms with Gasteiger partial charge in [0.15, 0.2) is 0 Å². The van der Waals surface area contributed by atoms with Crippen LogP contribution in [0.3, 0.4) is 0 Å². The highest BCUT2D eigenvalue weighted by Gasteiger charge is 2.16. The lowest BCUT2D eigenvalue weighted by molar-refractivity contribution is -0.159. The topological polar surface area (TPSA) is 132 Å². The van der Waals surface area contributed by atoms with Gasteiger partial charge in [0.25, 0.3) is 0 Å². The van der Waals surface area contributed by atoms with Crippen molar-refractivity contribution in [3.63, 3.8) is 0 Å². The molecule has 0 N–H and O–H groups in total. The first kappa shape index (κ1) is 39.4. The molecule has 0 aromatic carbocycles. The Labute approximate surface area is 252 Å². The molecule has 0 spiro atoms. The summed E-state index contributed by atoms with van der Waals surface area (Å²) in [5.41, 5.74) is 0. The lowest BCUT2D eigenvalue weighted by atomic mass is 10.1. The van der Waals surface area contributed by atoms with Gasteiger partial charge in [-0.25, -0.2) is 0 Å². The summed E-state index contributed by atoms with van der Waals surface area (Å²) < 4.78 is 26.4. The summed E-state index contributed by atoms with van der Waals surface area (Å²) in [4.78, 5) is 58.0. The zero-order valence-corrected chi connectivity index (χ0v) is 26.6. The minimum Gasteiger partial charge on any atom is -0.466 e. The molecular weight excluding hydrogens is 544 g/mol. The van der Waals surface area contributed by atoms with Gasteiger partial charge < -0.3 is 23.7 Å². The first-order valence-corrected chi connectivity index (χ1v) is 16.1. The summed E-state index contributed by atoms with van der Waals surface area (Å²) in [6, 6.07) is 0. The van der Waals surface area contributed by atoms with Crippen molar-refractivity contribution in [2.75, 3.05) is 19.8 Å². The fraction of sp³-hybridized carbons (Fsp3) is 0.844. The average molecular weight is 601 g/mol. The molecule has 10 nitrogen and oxygen atoms in total. The zero-order valence-electron chi connectivity index (χ0n) is 26.6. The van der Waals surface area contributed by atoms with Crippen molar-refractivity contribution in [3.8, 4) is 0 Å². The fourth-order valence-corrected chi connectivity index (χ4v) is 4.08. The number of carbonyl (C=O) groups excluding carboxylic acids is 5. The van der Waals surface area contributed by atoms with Crippen molar-refractivity contribution in [1.29, 1.82) is 0 Å². The number of carbonyl (C=O) groups is 5. The molecule has 0 saturated heterocycles. The van der Waals surface area contributed by atoms with Crippen LogP contribution in [-0.2, 0) is 47.7 Å². The molecule has 0 amide bonds. The van der Waals surface area contributed by atoms with Gasteiger partial charge >= 0.3 is 29.8 Å². The highest BCUT2D eigenvalue weighted by atomic mass is 16.6. The van der Waals surface area contributed by atoms with E-state index in [4.69, 9.17) is 23.7 Å².